The summed E-state index contributed by atoms with van der Waals surface area (Å²) in [7, 11) is -3.81. The van der Waals surface area contributed by atoms with Crippen LogP contribution in [0.3, 0.4) is 0 Å². The van der Waals surface area contributed by atoms with Crippen LogP contribution >= 0.6 is 11.4 Å². The number of carboxylic acid groups (broad SMARTS) is 1. The molecule has 0 saturated heterocycles. The molecule has 1 unspecified atom stereocenters. The molecule has 214 valence electrons. The highest BCUT2D eigenvalue weighted by atomic mass is 32.2. The Morgan fingerprint density at radius 2 is 1.36 bits per heavy atom. The maximum absolute atomic E-state index is 12.8. The maximum Gasteiger partial charge on any atom is 0.335 e. The number of carbonyl (C=O) groups is 1. The smallest absolute Gasteiger partial charge is 0.335 e. The van der Waals surface area contributed by atoms with Crippen molar-refractivity contribution in [2.75, 3.05) is 4.72 Å². The monoisotopic (exact) mass is 572 g/mol. The van der Waals surface area contributed by atoms with Gasteiger partial charge < -0.3 is 10.4 Å². The fourth-order valence-electron chi connectivity index (χ4n) is 6.21. The Labute approximate surface area is 238 Å². The van der Waals surface area contributed by atoms with Crippen molar-refractivity contribution in [3.8, 4) is 11.8 Å². The van der Waals surface area contributed by atoms with Gasteiger partial charge in [0.2, 0.25) is 0 Å². The van der Waals surface area contributed by atoms with Crippen molar-refractivity contribution in [2.45, 2.75) is 103 Å². The number of benzene rings is 1. The second kappa shape index (κ2) is 14.9. The van der Waals surface area contributed by atoms with Gasteiger partial charge in [0, 0.05) is 17.0 Å². The third kappa shape index (κ3) is 9.42. The average molecular weight is 573 g/mol. The van der Waals surface area contributed by atoms with E-state index in [0.717, 1.165) is 36.0 Å². The SMILES string of the molecule is O=C(O)c1ccc(NS(=O)(=O)C2=C[SH]=C(C#C[C@H]3CCCCC(C4CCCCCCCCC4)CCC3)N2)cc1. The van der Waals surface area contributed by atoms with Gasteiger partial charge in [-0.05, 0) is 54.9 Å². The van der Waals surface area contributed by atoms with Gasteiger partial charge in [-0.3, -0.25) is 4.72 Å². The summed E-state index contributed by atoms with van der Waals surface area (Å²) in [6.07, 6.45) is 21.5. The zero-order chi connectivity index (χ0) is 27.5. The van der Waals surface area contributed by atoms with E-state index in [1.807, 2.05) is 0 Å². The lowest BCUT2D eigenvalue weighted by atomic mass is 9.78. The zero-order valence-electron chi connectivity index (χ0n) is 23.0. The van der Waals surface area contributed by atoms with Crippen LogP contribution in [0.4, 0.5) is 5.69 Å². The Balaban J connectivity index is 1.27. The molecule has 4 rings (SSSR count). The molecule has 0 bridgehead atoms. The van der Waals surface area contributed by atoms with Crippen LogP contribution in [-0.4, -0.2) is 24.5 Å². The van der Waals surface area contributed by atoms with Gasteiger partial charge in [0.1, 0.15) is 4.99 Å². The fourth-order valence-corrected chi connectivity index (χ4v) is 8.41. The van der Waals surface area contributed by atoms with Gasteiger partial charge in [0.15, 0.2) is 5.03 Å². The Morgan fingerprint density at radius 3 is 2.00 bits per heavy atom. The van der Waals surface area contributed by atoms with Crippen molar-refractivity contribution in [1.29, 1.82) is 0 Å². The van der Waals surface area contributed by atoms with Crippen LogP contribution in [0.2, 0.25) is 0 Å². The molecule has 1 heterocycles. The third-order valence-electron chi connectivity index (χ3n) is 8.44. The molecule has 1 aromatic rings. The van der Waals surface area contributed by atoms with E-state index in [9.17, 15) is 13.2 Å². The topological polar surface area (TPSA) is 95.5 Å². The molecule has 3 aliphatic rings. The van der Waals surface area contributed by atoms with E-state index in [0.29, 0.717) is 16.6 Å². The second-order valence-electron chi connectivity index (χ2n) is 11.3. The quantitative estimate of drug-likeness (QED) is 0.169. The highest BCUT2D eigenvalue weighted by molar-refractivity contribution is 8.04. The van der Waals surface area contributed by atoms with Gasteiger partial charge in [-0.25, -0.2) is 4.79 Å². The maximum atomic E-state index is 12.8. The average Bonchev–Trinajstić information content (AvgIpc) is 3.44. The van der Waals surface area contributed by atoms with Gasteiger partial charge in [0.25, 0.3) is 10.0 Å². The minimum atomic E-state index is -3.81. The number of thiol groups is 1. The number of anilines is 1. The first-order valence-electron chi connectivity index (χ1n) is 14.8. The second-order valence-corrected chi connectivity index (χ2v) is 14.0. The summed E-state index contributed by atoms with van der Waals surface area (Å²) in [6, 6.07) is 5.63. The predicted octanol–water partition coefficient (Wildman–Crippen LogP) is 7.24. The highest BCUT2D eigenvalue weighted by Gasteiger charge is 2.24. The van der Waals surface area contributed by atoms with E-state index >= 15 is 0 Å². The number of nitrogens with one attached hydrogen (secondary N) is 2. The molecule has 0 aromatic heterocycles. The van der Waals surface area contributed by atoms with Crippen LogP contribution in [0.1, 0.15) is 113 Å². The van der Waals surface area contributed by atoms with Gasteiger partial charge in [-0.15, -0.1) is 11.4 Å². The van der Waals surface area contributed by atoms with Crippen molar-refractivity contribution < 1.29 is 18.3 Å². The Hall–Kier alpha value is -2.24. The van der Waals surface area contributed by atoms with Crippen molar-refractivity contribution in [1.82, 2.24) is 5.32 Å². The molecule has 0 spiro atoms. The molecule has 8 heteroatoms. The summed E-state index contributed by atoms with van der Waals surface area (Å²) >= 11 is 0.745. The molecule has 3 N–H and O–H groups in total. The molecular weight excluding hydrogens is 528 g/mol. The standard InChI is InChI=1S/C31H44N2O4S2/c34-31(35)27-18-20-28(21-19-27)33-39(36,37)30-23-38-29(32-30)22-17-24-11-8-9-15-26(16-10-12-24)25-13-6-4-2-1-3-5-7-14-25/h18-21,23-26,32-33,38H,1-16H2,(H,34,35)/t24-,26?/m0/s1. The first kappa shape index (κ1) is 29.7. The third-order valence-corrected chi connectivity index (χ3v) is 10.8. The number of rotatable bonds is 5. The minimum Gasteiger partial charge on any atom is -0.478 e. The minimum absolute atomic E-state index is 0.0822. The molecule has 6 nitrogen and oxygen atoms in total. The zero-order valence-corrected chi connectivity index (χ0v) is 24.7. The summed E-state index contributed by atoms with van der Waals surface area (Å²) in [6.45, 7) is 0. The summed E-state index contributed by atoms with van der Waals surface area (Å²) in [4.78, 5) is 11.7. The Morgan fingerprint density at radius 1 is 0.821 bits per heavy atom. The molecule has 0 amide bonds. The van der Waals surface area contributed by atoms with Crippen LogP contribution < -0.4 is 10.0 Å². The van der Waals surface area contributed by atoms with E-state index in [1.165, 1.54) is 114 Å². The van der Waals surface area contributed by atoms with E-state index in [4.69, 9.17) is 5.11 Å². The number of hydrogen-bond donors (Lipinski definition) is 4. The molecule has 2 atom stereocenters. The number of aromatic carboxylic acids is 1. The van der Waals surface area contributed by atoms with Crippen LogP contribution in [0.25, 0.3) is 0 Å². The summed E-state index contributed by atoms with van der Waals surface area (Å²) in [5, 5.41) is 13.7. The molecule has 2 fully saturated rings. The van der Waals surface area contributed by atoms with Gasteiger partial charge in [-0.2, -0.15) is 8.42 Å². The van der Waals surface area contributed by atoms with E-state index in [1.54, 1.807) is 5.41 Å². The van der Waals surface area contributed by atoms with Gasteiger partial charge in [-0.1, -0.05) is 95.8 Å². The summed E-state index contributed by atoms with van der Waals surface area (Å²) in [5.74, 6) is 7.81. The van der Waals surface area contributed by atoms with Gasteiger partial charge in [0.05, 0.1) is 5.56 Å². The van der Waals surface area contributed by atoms with E-state index in [2.05, 4.69) is 21.9 Å². The number of carboxylic acids is 1. The predicted molar refractivity (Wildman–Crippen MR) is 163 cm³/mol. The van der Waals surface area contributed by atoms with Gasteiger partial charge >= 0.3 is 5.97 Å². The van der Waals surface area contributed by atoms with E-state index in [-0.39, 0.29) is 10.6 Å². The van der Waals surface area contributed by atoms with E-state index < -0.39 is 16.0 Å². The molecule has 2 aliphatic carbocycles. The van der Waals surface area contributed by atoms with Crippen LogP contribution in [0, 0.1) is 29.6 Å². The number of hydrogen-bond acceptors (Lipinski definition) is 4. The Kier molecular flexibility index (Phi) is 11.4. The molecule has 39 heavy (non-hydrogen) atoms. The summed E-state index contributed by atoms with van der Waals surface area (Å²) in [5.41, 5.74) is 0.417. The van der Waals surface area contributed by atoms with Crippen molar-refractivity contribution >= 4 is 38.0 Å². The van der Waals surface area contributed by atoms with Crippen LogP contribution in [0.5, 0.6) is 0 Å². The van der Waals surface area contributed by atoms with Crippen LogP contribution in [0.15, 0.2) is 34.7 Å². The van der Waals surface area contributed by atoms with Crippen molar-refractivity contribution in [3.05, 3.63) is 40.3 Å². The van der Waals surface area contributed by atoms with Crippen LogP contribution in [-0.2, 0) is 10.0 Å². The highest BCUT2D eigenvalue weighted by Crippen LogP contribution is 2.35. The Bertz CT molecular complexity index is 1190. The fraction of sp³-hybridized carbons (Fsp3) is 0.613. The number of sulfonamides is 1. The molecular formula is C31H44N2O4S2. The summed E-state index contributed by atoms with van der Waals surface area (Å²) < 4.78 is 28.1. The lowest BCUT2D eigenvalue weighted by Crippen LogP contribution is -2.26. The lowest BCUT2D eigenvalue weighted by molar-refractivity contribution is 0.0697. The molecule has 1 aliphatic heterocycles. The normalized spacial score (nSPS) is 24.1. The van der Waals surface area contributed by atoms with Crippen molar-refractivity contribution in [2.24, 2.45) is 17.8 Å². The molecule has 1 aromatic carbocycles. The lowest BCUT2D eigenvalue weighted by Gasteiger charge is -2.28. The van der Waals surface area contributed by atoms with Crippen molar-refractivity contribution in [3.63, 3.8) is 0 Å². The largest absolute Gasteiger partial charge is 0.478 e. The first-order chi connectivity index (χ1) is 18.9. The first-order valence-corrected chi connectivity index (χ1v) is 17.3. The molecule has 0 radical (unpaired) electrons. The molecule has 2 saturated carbocycles.